The van der Waals surface area contributed by atoms with Crippen LogP contribution in [0.2, 0.25) is 0 Å². The smallest absolute Gasteiger partial charge is 0.308 e. The van der Waals surface area contributed by atoms with Gasteiger partial charge < -0.3 is 4.74 Å². The first-order valence-electron chi connectivity index (χ1n) is 7.63. The maximum atomic E-state index is 12.8. The zero-order chi connectivity index (χ0) is 16.9. The normalized spacial score (nSPS) is 10.9. The van der Waals surface area contributed by atoms with Crippen molar-refractivity contribution in [2.45, 2.75) is 6.92 Å². The minimum absolute atomic E-state index is 0.202. The van der Waals surface area contributed by atoms with Gasteiger partial charge in [-0.15, -0.1) is 0 Å². The fourth-order valence-corrected chi connectivity index (χ4v) is 2.56. The van der Waals surface area contributed by atoms with Crippen LogP contribution in [-0.2, 0) is 4.79 Å². The average Bonchev–Trinajstić information content (AvgIpc) is 2.60. The maximum Gasteiger partial charge on any atom is 0.308 e. The zero-order valence-corrected chi connectivity index (χ0v) is 13.2. The lowest BCUT2D eigenvalue weighted by molar-refractivity contribution is -0.131. The highest BCUT2D eigenvalue weighted by atomic mass is 16.5. The SMILES string of the molecule is CC(=O)Oc1ccc2ccccc2c1C(=O)C=Cc1ccccc1. The lowest BCUT2D eigenvalue weighted by Gasteiger charge is -2.10. The molecule has 0 saturated heterocycles. The molecule has 118 valence electrons. The minimum Gasteiger partial charge on any atom is -0.426 e. The molecule has 0 N–H and O–H groups in total. The Morgan fingerprint density at radius 2 is 1.58 bits per heavy atom. The van der Waals surface area contributed by atoms with Gasteiger partial charge in [-0.05, 0) is 28.5 Å². The van der Waals surface area contributed by atoms with Crippen molar-refractivity contribution < 1.29 is 14.3 Å². The first-order valence-corrected chi connectivity index (χ1v) is 7.63. The van der Waals surface area contributed by atoms with Crippen LogP contribution < -0.4 is 4.74 Å². The number of benzene rings is 3. The molecule has 3 rings (SSSR count). The monoisotopic (exact) mass is 316 g/mol. The third kappa shape index (κ3) is 3.41. The summed E-state index contributed by atoms with van der Waals surface area (Å²) >= 11 is 0. The van der Waals surface area contributed by atoms with Crippen LogP contribution in [0, 0.1) is 0 Å². The molecule has 0 unspecified atom stereocenters. The molecule has 0 spiro atoms. The number of hydrogen-bond donors (Lipinski definition) is 0. The number of hydrogen-bond acceptors (Lipinski definition) is 3. The predicted molar refractivity (Wildman–Crippen MR) is 95.1 cm³/mol. The van der Waals surface area contributed by atoms with Gasteiger partial charge in [0.2, 0.25) is 0 Å². The molecular formula is C21H16O3. The number of fused-ring (bicyclic) bond motifs is 1. The standard InChI is InChI=1S/C21H16O3/c1-15(22)24-20-14-12-17-9-5-6-10-18(17)21(20)19(23)13-11-16-7-3-2-4-8-16/h2-14H,1H3. The number of ether oxygens (including phenoxy) is 1. The fraction of sp³-hybridized carbons (Fsp3) is 0.0476. The first-order chi connectivity index (χ1) is 11.6. The second kappa shape index (κ2) is 6.92. The first kappa shape index (κ1) is 15.7. The van der Waals surface area contributed by atoms with Crippen molar-refractivity contribution in [3.63, 3.8) is 0 Å². The van der Waals surface area contributed by atoms with E-state index >= 15 is 0 Å². The van der Waals surface area contributed by atoms with Gasteiger partial charge in [-0.25, -0.2) is 0 Å². The summed E-state index contributed by atoms with van der Waals surface area (Å²) in [7, 11) is 0. The molecular weight excluding hydrogens is 300 g/mol. The molecule has 0 aromatic heterocycles. The predicted octanol–water partition coefficient (Wildman–Crippen LogP) is 4.66. The quantitative estimate of drug-likeness (QED) is 0.304. The molecule has 3 nitrogen and oxygen atoms in total. The van der Waals surface area contributed by atoms with Gasteiger partial charge >= 0.3 is 5.97 Å². The Balaban J connectivity index is 2.06. The summed E-state index contributed by atoms with van der Waals surface area (Å²) in [5.41, 5.74) is 1.33. The van der Waals surface area contributed by atoms with Crippen molar-refractivity contribution in [2.75, 3.05) is 0 Å². The van der Waals surface area contributed by atoms with E-state index in [0.29, 0.717) is 5.56 Å². The van der Waals surface area contributed by atoms with Crippen LogP contribution in [0.25, 0.3) is 16.8 Å². The third-order valence-electron chi connectivity index (χ3n) is 3.62. The molecule has 0 radical (unpaired) electrons. The van der Waals surface area contributed by atoms with Crippen LogP contribution in [-0.4, -0.2) is 11.8 Å². The van der Waals surface area contributed by atoms with Gasteiger partial charge in [0.15, 0.2) is 5.78 Å². The Kier molecular flexibility index (Phi) is 4.52. The zero-order valence-electron chi connectivity index (χ0n) is 13.2. The number of ketones is 1. The highest BCUT2D eigenvalue weighted by Crippen LogP contribution is 2.29. The lowest BCUT2D eigenvalue weighted by Crippen LogP contribution is -2.07. The van der Waals surface area contributed by atoms with E-state index in [1.807, 2.05) is 60.7 Å². The minimum atomic E-state index is -0.452. The van der Waals surface area contributed by atoms with E-state index in [1.165, 1.54) is 13.0 Å². The molecule has 3 heteroatoms. The van der Waals surface area contributed by atoms with E-state index in [4.69, 9.17) is 4.74 Å². The number of rotatable bonds is 4. The molecule has 3 aromatic carbocycles. The summed E-state index contributed by atoms with van der Waals surface area (Å²) in [5, 5.41) is 1.68. The van der Waals surface area contributed by atoms with E-state index in [0.717, 1.165) is 16.3 Å². The van der Waals surface area contributed by atoms with Crippen molar-refractivity contribution >= 4 is 28.6 Å². The highest BCUT2D eigenvalue weighted by Gasteiger charge is 2.15. The number of allylic oxidation sites excluding steroid dienone is 1. The van der Waals surface area contributed by atoms with Crippen LogP contribution in [0.5, 0.6) is 5.75 Å². The Morgan fingerprint density at radius 3 is 2.33 bits per heavy atom. The molecule has 3 aromatic rings. The summed E-state index contributed by atoms with van der Waals surface area (Å²) < 4.78 is 5.23. The van der Waals surface area contributed by atoms with E-state index < -0.39 is 5.97 Å². The molecule has 0 aliphatic heterocycles. The number of carbonyl (C=O) groups is 2. The van der Waals surface area contributed by atoms with E-state index in [1.54, 1.807) is 12.1 Å². The summed E-state index contributed by atoms with van der Waals surface area (Å²) in [5.74, 6) is -0.373. The van der Waals surface area contributed by atoms with E-state index in [2.05, 4.69) is 0 Å². The Morgan fingerprint density at radius 1 is 0.875 bits per heavy atom. The molecule has 0 saturated carbocycles. The van der Waals surface area contributed by atoms with Crippen molar-refractivity contribution in [2.24, 2.45) is 0 Å². The van der Waals surface area contributed by atoms with Crippen molar-refractivity contribution in [1.29, 1.82) is 0 Å². The van der Waals surface area contributed by atoms with Crippen LogP contribution >= 0.6 is 0 Å². The fourth-order valence-electron chi connectivity index (χ4n) is 2.56. The largest absolute Gasteiger partial charge is 0.426 e. The Labute approximate surface area is 140 Å². The van der Waals surface area contributed by atoms with Gasteiger partial charge in [-0.3, -0.25) is 9.59 Å². The summed E-state index contributed by atoms with van der Waals surface area (Å²) in [6.45, 7) is 1.32. The van der Waals surface area contributed by atoms with E-state index in [-0.39, 0.29) is 11.5 Å². The second-order valence-corrected chi connectivity index (χ2v) is 5.36. The molecule has 0 aliphatic carbocycles. The molecule has 0 fully saturated rings. The second-order valence-electron chi connectivity index (χ2n) is 5.36. The van der Waals surface area contributed by atoms with Crippen molar-refractivity contribution in [1.82, 2.24) is 0 Å². The lowest BCUT2D eigenvalue weighted by atomic mass is 9.99. The Hall–Kier alpha value is -3.20. The summed E-state index contributed by atoms with van der Waals surface area (Å²) in [4.78, 5) is 24.1. The third-order valence-corrected chi connectivity index (χ3v) is 3.62. The molecule has 0 bridgehead atoms. The van der Waals surface area contributed by atoms with Gasteiger partial charge in [0.05, 0.1) is 5.56 Å². The van der Waals surface area contributed by atoms with Crippen LogP contribution in [0.4, 0.5) is 0 Å². The van der Waals surface area contributed by atoms with Gasteiger partial charge in [0, 0.05) is 6.92 Å². The van der Waals surface area contributed by atoms with Crippen molar-refractivity contribution in [3.05, 3.63) is 83.9 Å². The molecule has 0 atom stereocenters. The van der Waals surface area contributed by atoms with Crippen LogP contribution in [0.3, 0.4) is 0 Å². The summed E-state index contributed by atoms with van der Waals surface area (Å²) in [6, 6.07) is 20.6. The van der Waals surface area contributed by atoms with Crippen molar-refractivity contribution in [3.8, 4) is 5.75 Å². The highest BCUT2D eigenvalue weighted by molar-refractivity contribution is 6.17. The van der Waals surface area contributed by atoms with Gasteiger partial charge in [-0.2, -0.15) is 0 Å². The number of esters is 1. The van der Waals surface area contributed by atoms with Gasteiger partial charge in [0.25, 0.3) is 0 Å². The topological polar surface area (TPSA) is 43.4 Å². The van der Waals surface area contributed by atoms with Crippen LogP contribution in [0.1, 0.15) is 22.8 Å². The van der Waals surface area contributed by atoms with Crippen LogP contribution in [0.15, 0.2) is 72.8 Å². The van der Waals surface area contributed by atoms with Gasteiger partial charge in [0.1, 0.15) is 5.75 Å². The summed E-state index contributed by atoms with van der Waals surface area (Å²) in [6.07, 6.45) is 3.26. The average molecular weight is 316 g/mol. The molecule has 0 amide bonds. The number of carbonyl (C=O) groups excluding carboxylic acids is 2. The maximum absolute atomic E-state index is 12.8. The molecule has 0 heterocycles. The van der Waals surface area contributed by atoms with Gasteiger partial charge in [-0.1, -0.05) is 66.7 Å². The molecule has 0 aliphatic rings. The Bertz CT molecular complexity index is 924. The molecule has 24 heavy (non-hydrogen) atoms. The van der Waals surface area contributed by atoms with E-state index in [9.17, 15) is 9.59 Å².